The zero-order chi connectivity index (χ0) is 8.85. The van der Waals surface area contributed by atoms with Crippen molar-refractivity contribution >= 4 is 28.6 Å². The zero-order valence-corrected chi connectivity index (χ0v) is 6.43. The van der Waals surface area contributed by atoms with Gasteiger partial charge in [0.2, 0.25) is 11.0 Å². The van der Waals surface area contributed by atoms with Crippen LogP contribution < -0.4 is 0 Å². The third-order valence-electron chi connectivity index (χ3n) is 1.02. The Bertz CT molecular complexity index is 187. The molecule has 0 fully saturated rings. The van der Waals surface area contributed by atoms with Gasteiger partial charge in [0.05, 0.1) is 0 Å². The monoisotopic (exact) mass is 178 g/mol. The van der Waals surface area contributed by atoms with Crippen LogP contribution in [0.2, 0.25) is 0 Å². The van der Waals surface area contributed by atoms with Crippen LogP contribution in [0.1, 0.15) is 19.3 Å². The van der Waals surface area contributed by atoms with Crippen molar-refractivity contribution in [2.75, 3.05) is 0 Å². The first-order valence-corrected chi connectivity index (χ1v) is 3.36. The predicted molar refractivity (Wildman–Crippen MR) is 37.4 cm³/mol. The van der Waals surface area contributed by atoms with Crippen molar-refractivity contribution in [2.24, 2.45) is 0 Å². The van der Waals surface area contributed by atoms with Crippen LogP contribution in [0.15, 0.2) is 0 Å². The van der Waals surface area contributed by atoms with E-state index in [2.05, 4.69) is 0 Å². The Kier molecular flexibility index (Phi) is 4.45. The summed E-state index contributed by atoms with van der Waals surface area (Å²) in [4.78, 5) is 30.4. The highest BCUT2D eigenvalue weighted by Gasteiger charge is 2.10. The third-order valence-corrected chi connectivity index (χ3v) is 1.20. The Balaban J connectivity index is 3.47. The van der Waals surface area contributed by atoms with E-state index in [0.717, 1.165) is 0 Å². The molecular weight excluding hydrogens is 172 g/mol. The van der Waals surface area contributed by atoms with Crippen molar-refractivity contribution in [3.05, 3.63) is 0 Å². The van der Waals surface area contributed by atoms with Crippen molar-refractivity contribution in [1.29, 1.82) is 0 Å². The topological polar surface area (TPSA) is 71.4 Å². The molecule has 0 radical (unpaired) electrons. The number of carboxylic acid groups (broad SMARTS) is 1. The van der Waals surface area contributed by atoms with Crippen molar-refractivity contribution in [2.45, 2.75) is 19.3 Å². The predicted octanol–water partition coefficient (Wildman–Crippen LogP) is 0.576. The molecule has 0 bridgehead atoms. The summed E-state index contributed by atoms with van der Waals surface area (Å²) in [6, 6.07) is 0. The van der Waals surface area contributed by atoms with E-state index in [9.17, 15) is 14.4 Å². The van der Waals surface area contributed by atoms with Gasteiger partial charge in [-0.3, -0.25) is 9.59 Å². The molecule has 0 saturated heterocycles. The summed E-state index contributed by atoms with van der Waals surface area (Å²) in [5.41, 5.74) is 0. The molecule has 4 nitrogen and oxygen atoms in total. The van der Waals surface area contributed by atoms with E-state index in [-0.39, 0.29) is 19.3 Å². The largest absolute Gasteiger partial charge is 0.476 e. The Labute approximate surface area is 68.1 Å². The standard InChI is InChI=1S/C6H7ClO4/c7-5(9)3-1-2-4(8)6(10)11/h1-3H2,(H,10,11). The van der Waals surface area contributed by atoms with Crippen LogP contribution in [0.25, 0.3) is 0 Å². The molecular formula is C6H7ClO4. The van der Waals surface area contributed by atoms with E-state index in [0.29, 0.717) is 0 Å². The van der Waals surface area contributed by atoms with E-state index in [1.807, 2.05) is 0 Å². The average molecular weight is 179 g/mol. The summed E-state index contributed by atoms with van der Waals surface area (Å²) in [6.45, 7) is 0. The number of hydrogen-bond donors (Lipinski definition) is 1. The van der Waals surface area contributed by atoms with E-state index in [1.165, 1.54) is 0 Å². The molecule has 0 aromatic carbocycles. The number of ketones is 1. The number of halogens is 1. The minimum Gasteiger partial charge on any atom is -0.476 e. The maximum absolute atomic E-state index is 10.4. The van der Waals surface area contributed by atoms with Crippen LogP contribution in [-0.4, -0.2) is 22.1 Å². The first-order chi connectivity index (χ1) is 5.04. The maximum atomic E-state index is 10.4. The summed E-state index contributed by atoms with van der Waals surface area (Å²) in [6.07, 6.45) is 0.113. The van der Waals surface area contributed by atoms with Gasteiger partial charge in [0.1, 0.15) is 0 Å². The summed E-state index contributed by atoms with van der Waals surface area (Å²) < 4.78 is 0. The molecule has 0 amide bonds. The fourth-order valence-corrected chi connectivity index (χ4v) is 0.628. The van der Waals surface area contributed by atoms with Crippen LogP contribution in [0.4, 0.5) is 0 Å². The molecule has 1 N–H and O–H groups in total. The second-order valence-corrected chi connectivity index (χ2v) is 2.36. The van der Waals surface area contributed by atoms with Gasteiger partial charge in [0.25, 0.3) is 0 Å². The summed E-state index contributed by atoms with van der Waals surface area (Å²) >= 11 is 4.94. The van der Waals surface area contributed by atoms with E-state index < -0.39 is 17.0 Å². The van der Waals surface area contributed by atoms with Gasteiger partial charge in [0.15, 0.2) is 0 Å². The van der Waals surface area contributed by atoms with Gasteiger partial charge in [0, 0.05) is 12.8 Å². The lowest BCUT2D eigenvalue weighted by Crippen LogP contribution is -2.11. The fraction of sp³-hybridized carbons (Fsp3) is 0.500. The normalized spacial score (nSPS) is 9.18. The molecule has 0 saturated carbocycles. The second-order valence-electron chi connectivity index (χ2n) is 1.94. The molecule has 0 aromatic rings. The van der Waals surface area contributed by atoms with Crippen LogP contribution in [0.5, 0.6) is 0 Å². The molecule has 11 heavy (non-hydrogen) atoms. The Morgan fingerprint density at radius 1 is 1.18 bits per heavy atom. The molecule has 0 aliphatic carbocycles. The van der Waals surface area contributed by atoms with Gasteiger partial charge >= 0.3 is 5.97 Å². The van der Waals surface area contributed by atoms with Crippen LogP contribution >= 0.6 is 11.6 Å². The highest BCUT2D eigenvalue weighted by atomic mass is 35.5. The number of Topliss-reactive ketones (excluding diaryl/α,β-unsaturated/α-hetero) is 1. The molecule has 0 spiro atoms. The number of carbonyl (C=O) groups excluding carboxylic acids is 2. The van der Waals surface area contributed by atoms with E-state index >= 15 is 0 Å². The molecule has 0 unspecified atom stereocenters. The SMILES string of the molecule is O=C(Cl)CCCC(=O)C(=O)O. The Morgan fingerprint density at radius 3 is 2.09 bits per heavy atom. The molecule has 0 atom stereocenters. The highest BCUT2D eigenvalue weighted by molar-refractivity contribution is 6.63. The van der Waals surface area contributed by atoms with Gasteiger partial charge in [-0.25, -0.2) is 4.79 Å². The Morgan fingerprint density at radius 2 is 1.73 bits per heavy atom. The number of carbonyl (C=O) groups is 3. The minimum absolute atomic E-state index is 0.0422. The average Bonchev–Trinajstić information content (AvgIpc) is 1.86. The lowest BCUT2D eigenvalue weighted by atomic mass is 10.2. The molecule has 0 rings (SSSR count). The fourth-order valence-electron chi connectivity index (χ4n) is 0.495. The van der Waals surface area contributed by atoms with Crippen LogP contribution in [0.3, 0.4) is 0 Å². The van der Waals surface area contributed by atoms with Crippen molar-refractivity contribution in [3.8, 4) is 0 Å². The minimum atomic E-state index is -1.47. The highest BCUT2D eigenvalue weighted by Crippen LogP contribution is 1.99. The molecule has 62 valence electrons. The molecule has 0 aromatic heterocycles. The lowest BCUT2D eigenvalue weighted by Gasteiger charge is -1.91. The number of aliphatic carboxylic acids is 1. The summed E-state index contributed by atoms with van der Waals surface area (Å²) in [7, 11) is 0. The molecule has 0 aliphatic heterocycles. The quantitative estimate of drug-likeness (QED) is 0.494. The van der Waals surface area contributed by atoms with Crippen molar-refractivity contribution < 1.29 is 19.5 Å². The second kappa shape index (κ2) is 4.85. The van der Waals surface area contributed by atoms with Gasteiger partial charge in [-0.1, -0.05) is 0 Å². The van der Waals surface area contributed by atoms with Crippen molar-refractivity contribution in [3.63, 3.8) is 0 Å². The van der Waals surface area contributed by atoms with Crippen LogP contribution in [0, 0.1) is 0 Å². The Hall–Kier alpha value is -0.900. The number of hydrogen-bond acceptors (Lipinski definition) is 3. The van der Waals surface area contributed by atoms with E-state index in [1.54, 1.807) is 0 Å². The van der Waals surface area contributed by atoms with Crippen LogP contribution in [-0.2, 0) is 14.4 Å². The van der Waals surface area contributed by atoms with Gasteiger partial charge in [-0.15, -0.1) is 0 Å². The van der Waals surface area contributed by atoms with E-state index in [4.69, 9.17) is 16.7 Å². The zero-order valence-electron chi connectivity index (χ0n) is 5.67. The number of rotatable bonds is 5. The first kappa shape index (κ1) is 10.1. The van der Waals surface area contributed by atoms with Crippen molar-refractivity contribution in [1.82, 2.24) is 0 Å². The van der Waals surface area contributed by atoms with Gasteiger partial charge in [-0.05, 0) is 18.0 Å². The summed E-state index contributed by atoms with van der Waals surface area (Å²) in [5.74, 6) is -2.35. The van der Waals surface area contributed by atoms with Gasteiger partial charge in [-0.2, -0.15) is 0 Å². The maximum Gasteiger partial charge on any atom is 0.372 e. The third kappa shape index (κ3) is 5.54. The number of carboxylic acids is 1. The lowest BCUT2D eigenvalue weighted by molar-refractivity contribution is -0.149. The molecule has 5 heteroatoms. The smallest absolute Gasteiger partial charge is 0.372 e. The summed E-state index contributed by atoms with van der Waals surface area (Å²) in [5, 5.41) is 7.53. The molecule has 0 heterocycles. The molecule has 0 aliphatic rings. The van der Waals surface area contributed by atoms with Gasteiger partial charge < -0.3 is 5.11 Å². The first-order valence-electron chi connectivity index (χ1n) is 2.98.